The molecule has 3 unspecified atom stereocenters. The van der Waals surface area contributed by atoms with Crippen LogP contribution in [0.5, 0.6) is 0 Å². The van der Waals surface area contributed by atoms with E-state index in [1.807, 2.05) is 0 Å². The van der Waals surface area contributed by atoms with Gasteiger partial charge in [0.2, 0.25) is 0 Å². The van der Waals surface area contributed by atoms with Crippen molar-refractivity contribution in [3.05, 3.63) is 53.2 Å². The highest BCUT2D eigenvalue weighted by molar-refractivity contribution is 5.93. The number of nitrogens with zero attached hydrogens (tertiary/aromatic N) is 1. The van der Waals surface area contributed by atoms with Gasteiger partial charge in [-0.15, -0.1) is 0 Å². The van der Waals surface area contributed by atoms with Crippen LogP contribution < -0.4 is 10.6 Å². The molecule has 4 aliphatic rings. The molecule has 2 saturated heterocycles. The zero-order chi connectivity index (χ0) is 19.3. The molecule has 2 N–H and O–H groups in total. The number of rotatable bonds is 5. The predicted molar refractivity (Wildman–Crippen MR) is 98.0 cm³/mol. The fourth-order valence-corrected chi connectivity index (χ4v) is 5.37. The summed E-state index contributed by atoms with van der Waals surface area (Å²) in [5.74, 6) is -0.629. The number of hydrogen-bond donors (Lipinski definition) is 2. The Bertz CT molecular complexity index is 893. The molecule has 1 amide bonds. The molecule has 148 valence electrons. The Kier molecular flexibility index (Phi) is 4.23. The van der Waals surface area contributed by atoms with Crippen LogP contribution in [-0.2, 0) is 5.41 Å². The predicted octanol–water partition coefficient (Wildman–Crippen LogP) is 3.27. The summed E-state index contributed by atoms with van der Waals surface area (Å²) in [4.78, 5) is 17.0. The van der Waals surface area contributed by atoms with Crippen LogP contribution in [0.25, 0.3) is 0 Å². The first-order valence-electron chi connectivity index (χ1n) is 9.98. The Morgan fingerprint density at radius 2 is 2.14 bits per heavy atom. The van der Waals surface area contributed by atoms with Crippen LogP contribution in [0.3, 0.4) is 0 Å². The van der Waals surface area contributed by atoms with E-state index in [1.54, 1.807) is 6.07 Å². The van der Waals surface area contributed by atoms with E-state index < -0.39 is 17.0 Å². The number of carbonyl (C=O) groups is 1. The van der Waals surface area contributed by atoms with Crippen LogP contribution in [0.2, 0.25) is 0 Å². The van der Waals surface area contributed by atoms with Crippen molar-refractivity contribution in [2.45, 2.75) is 49.5 Å². The van der Waals surface area contributed by atoms with Crippen LogP contribution in [0, 0.1) is 17.6 Å². The van der Waals surface area contributed by atoms with Gasteiger partial charge < -0.3 is 15.1 Å². The van der Waals surface area contributed by atoms with Gasteiger partial charge in [-0.2, -0.15) is 0 Å². The van der Waals surface area contributed by atoms with Gasteiger partial charge in [0.25, 0.3) is 5.91 Å². The molecule has 0 spiro atoms. The number of aromatic nitrogens is 1. The summed E-state index contributed by atoms with van der Waals surface area (Å²) in [7, 11) is 0. The molecule has 28 heavy (non-hydrogen) atoms. The molecule has 2 aromatic rings. The van der Waals surface area contributed by atoms with E-state index >= 15 is 0 Å². The average Bonchev–Trinajstić information content (AvgIpc) is 3.46. The Labute approximate surface area is 161 Å². The molecule has 5 nitrogen and oxygen atoms in total. The summed E-state index contributed by atoms with van der Waals surface area (Å²) in [5, 5.41) is 6.35. The molecule has 3 heterocycles. The number of hydrogen-bond acceptors (Lipinski definition) is 4. The third-order valence-electron chi connectivity index (χ3n) is 6.92. The second kappa shape index (κ2) is 6.65. The molecule has 2 aliphatic heterocycles. The van der Waals surface area contributed by atoms with Crippen molar-refractivity contribution in [3.63, 3.8) is 0 Å². The zero-order valence-corrected chi connectivity index (χ0v) is 15.5. The van der Waals surface area contributed by atoms with Crippen molar-refractivity contribution >= 4 is 5.91 Å². The lowest BCUT2D eigenvalue weighted by molar-refractivity contribution is 0.0933. The highest BCUT2D eigenvalue weighted by atomic mass is 19.2. The van der Waals surface area contributed by atoms with Crippen LogP contribution in [0.15, 0.2) is 29.0 Å². The average molecular weight is 387 g/mol. The summed E-state index contributed by atoms with van der Waals surface area (Å²) in [5.41, 5.74) is 0.0890. The molecular formula is C21H23F2N3O2. The van der Waals surface area contributed by atoms with E-state index in [4.69, 9.17) is 4.42 Å². The van der Waals surface area contributed by atoms with Gasteiger partial charge in [-0.25, -0.2) is 13.8 Å². The van der Waals surface area contributed by atoms with Gasteiger partial charge in [0.1, 0.15) is 5.76 Å². The maximum Gasteiger partial charge on any atom is 0.273 e. The van der Waals surface area contributed by atoms with Gasteiger partial charge in [0.05, 0.1) is 0 Å². The molecule has 7 heteroatoms. The Morgan fingerprint density at radius 3 is 2.86 bits per heavy atom. The summed E-state index contributed by atoms with van der Waals surface area (Å²) in [6.45, 7) is 1.20. The van der Waals surface area contributed by atoms with Crippen molar-refractivity contribution in [1.29, 1.82) is 0 Å². The Hall–Kier alpha value is -2.28. The fourth-order valence-electron chi connectivity index (χ4n) is 5.37. The van der Waals surface area contributed by atoms with E-state index in [2.05, 4.69) is 15.6 Å². The van der Waals surface area contributed by atoms with Crippen molar-refractivity contribution in [2.75, 3.05) is 13.1 Å². The lowest BCUT2D eigenvalue weighted by Gasteiger charge is -2.33. The molecule has 1 aromatic carbocycles. The first-order valence-corrected chi connectivity index (χ1v) is 9.98. The van der Waals surface area contributed by atoms with Gasteiger partial charge in [-0.3, -0.25) is 4.79 Å². The maximum atomic E-state index is 14.5. The topological polar surface area (TPSA) is 67.2 Å². The number of nitrogens with one attached hydrogen (secondary N) is 2. The summed E-state index contributed by atoms with van der Waals surface area (Å²) in [6.07, 6.45) is 5.72. The van der Waals surface area contributed by atoms with Gasteiger partial charge in [-0.05, 0) is 43.4 Å². The van der Waals surface area contributed by atoms with Gasteiger partial charge in [0.15, 0.2) is 23.7 Å². The fraction of sp³-hybridized carbons (Fsp3) is 0.524. The van der Waals surface area contributed by atoms with Crippen molar-refractivity contribution in [3.8, 4) is 0 Å². The van der Waals surface area contributed by atoms with Crippen LogP contribution in [0.1, 0.15) is 59.8 Å². The Morgan fingerprint density at radius 1 is 1.32 bits per heavy atom. The normalized spacial score (nSPS) is 27.6. The van der Waals surface area contributed by atoms with Crippen molar-refractivity contribution in [2.24, 2.45) is 5.92 Å². The first kappa shape index (κ1) is 17.8. The van der Waals surface area contributed by atoms with Crippen LogP contribution in [0.4, 0.5) is 8.78 Å². The zero-order valence-electron chi connectivity index (χ0n) is 15.5. The summed E-state index contributed by atoms with van der Waals surface area (Å²) in [6, 6.07) is 4.65. The maximum absolute atomic E-state index is 14.5. The largest absolute Gasteiger partial charge is 0.447 e. The lowest BCUT2D eigenvalue weighted by atomic mass is 9.72. The van der Waals surface area contributed by atoms with E-state index in [-0.39, 0.29) is 18.4 Å². The van der Waals surface area contributed by atoms with Crippen LogP contribution >= 0.6 is 0 Å². The molecule has 6 rings (SSSR count). The first-order chi connectivity index (χ1) is 13.6. The number of benzene rings is 1. The smallest absolute Gasteiger partial charge is 0.273 e. The van der Waals surface area contributed by atoms with E-state index in [9.17, 15) is 13.6 Å². The van der Waals surface area contributed by atoms with Crippen molar-refractivity contribution in [1.82, 2.24) is 15.6 Å². The highest BCUT2D eigenvalue weighted by Gasteiger charge is 2.50. The number of carbonyl (C=O) groups excluding carboxylic acids is 1. The molecule has 4 fully saturated rings. The summed E-state index contributed by atoms with van der Waals surface area (Å²) >= 11 is 0. The monoisotopic (exact) mass is 387 g/mol. The van der Waals surface area contributed by atoms with E-state index in [0.29, 0.717) is 29.0 Å². The minimum absolute atomic E-state index is 0.198. The molecule has 2 aliphatic carbocycles. The third kappa shape index (κ3) is 2.67. The van der Waals surface area contributed by atoms with Crippen molar-refractivity contribution < 1.29 is 18.0 Å². The van der Waals surface area contributed by atoms with E-state index in [1.165, 1.54) is 12.5 Å². The minimum Gasteiger partial charge on any atom is -0.447 e. The molecule has 0 radical (unpaired) electrons. The quantitative estimate of drug-likeness (QED) is 0.826. The second-order valence-corrected chi connectivity index (χ2v) is 8.37. The SMILES string of the molecule is O=C(NCC1(c2cccc(F)c2F)CCCC1)c1ncoc1C1C2CNC1C2. The lowest BCUT2D eigenvalue weighted by Crippen LogP contribution is -2.41. The molecule has 1 aromatic heterocycles. The molecule has 2 bridgehead atoms. The Balaban J connectivity index is 1.36. The van der Waals surface area contributed by atoms with Crippen LogP contribution in [-0.4, -0.2) is 30.0 Å². The summed E-state index contributed by atoms with van der Waals surface area (Å²) < 4.78 is 33.9. The number of fused-ring (bicyclic) bond motifs is 1. The number of halogens is 2. The van der Waals surface area contributed by atoms with Gasteiger partial charge >= 0.3 is 0 Å². The molecule has 3 atom stereocenters. The minimum atomic E-state index is -0.846. The van der Waals surface area contributed by atoms with Gasteiger partial charge in [0, 0.05) is 23.9 Å². The standard InChI is InChI=1S/C21H23F2N3O2/c22-14-5-3-4-13(17(14)23)21(6-1-2-7-21)10-25-20(27)18-19(28-11-26-18)16-12-8-15(16)24-9-12/h3-5,11-12,15-16,24H,1-2,6-10H2,(H,25,27). The second-order valence-electron chi connectivity index (χ2n) is 8.37. The molecule has 2 saturated carbocycles. The van der Waals surface area contributed by atoms with Gasteiger partial charge in [-0.1, -0.05) is 25.0 Å². The molecular weight excluding hydrogens is 364 g/mol. The number of oxazole rings is 1. The third-order valence-corrected chi connectivity index (χ3v) is 6.92. The highest BCUT2D eigenvalue weighted by Crippen LogP contribution is 2.48. The number of amides is 1. The van der Waals surface area contributed by atoms with E-state index in [0.717, 1.165) is 44.7 Å².